The van der Waals surface area contributed by atoms with E-state index in [-0.39, 0.29) is 5.91 Å². The number of rotatable bonds is 8. The highest BCUT2D eigenvalue weighted by Crippen LogP contribution is 2.34. The number of benzene rings is 1. The number of aromatic amines is 1. The standard InChI is InChI=1S/C23H34ClN5O2/c1-6-29(18-9-7-17(8-10-18)28(3)4)21-12-16(24)11-19(15(21)2)22(30)25-13-20-23(31-5)27-14-26-20/h11-12,14,17-18H,6-10,13H2,1-5H3,(H,25,30)(H,26,27). The number of carbonyl (C=O) groups is 1. The van der Waals surface area contributed by atoms with Crippen LogP contribution in [0, 0.1) is 6.92 Å². The molecule has 0 spiro atoms. The molecule has 1 saturated carbocycles. The average Bonchev–Trinajstić information content (AvgIpc) is 3.22. The molecular weight excluding hydrogens is 414 g/mol. The number of nitrogens with zero attached hydrogens (tertiary/aromatic N) is 3. The molecule has 1 aliphatic carbocycles. The second kappa shape index (κ2) is 10.4. The van der Waals surface area contributed by atoms with Gasteiger partial charge in [-0.15, -0.1) is 0 Å². The summed E-state index contributed by atoms with van der Waals surface area (Å²) in [6.45, 7) is 5.36. The monoisotopic (exact) mass is 447 g/mol. The van der Waals surface area contributed by atoms with Gasteiger partial charge in [0.15, 0.2) is 0 Å². The van der Waals surface area contributed by atoms with Crippen molar-refractivity contribution >= 4 is 23.2 Å². The summed E-state index contributed by atoms with van der Waals surface area (Å²) in [6, 6.07) is 4.85. The maximum Gasteiger partial charge on any atom is 0.252 e. The van der Waals surface area contributed by atoms with Gasteiger partial charge >= 0.3 is 0 Å². The molecule has 170 valence electrons. The summed E-state index contributed by atoms with van der Waals surface area (Å²) in [5.74, 6) is 0.319. The van der Waals surface area contributed by atoms with Crippen LogP contribution in [0.5, 0.6) is 5.88 Å². The second-order valence-corrected chi connectivity index (χ2v) is 8.82. The Kier molecular flexibility index (Phi) is 7.84. The number of carbonyl (C=O) groups excluding carboxylic acids is 1. The van der Waals surface area contributed by atoms with E-state index in [4.69, 9.17) is 16.3 Å². The zero-order chi connectivity index (χ0) is 22.5. The minimum Gasteiger partial charge on any atom is -0.480 e. The van der Waals surface area contributed by atoms with Gasteiger partial charge in [0.2, 0.25) is 5.88 Å². The molecule has 0 aliphatic heterocycles. The number of ether oxygens (including phenoxy) is 1. The lowest BCUT2D eigenvalue weighted by Gasteiger charge is -2.40. The second-order valence-electron chi connectivity index (χ2n) is 8.38. The van der Waals surface area contributed by atoms with Crippen molar-refractivity contribution in [3.63, 3.8) is 0 Å². The predicted octanol–water partition coefficient (Wildman–Crippen LogP) is 4.01. The van der Waals surface area contributed by atoms with Gasteiger partial charge in [0.05, 0.1) is 25.7 Å². The Hall–Kier alpha value is -2.25. The lowest BCUT2D eigenvalue weighted by Crippen LogP contribution is -2.42. The number of imidazole rings is 1. The van der Waals surface area contributed by atoms with Gasteiger partial charge in [-0.3, -0.25) is 4.79 Å². The van der Waals surface area contributed by atoms with E-state index in [9.17, 15) is 4.79 Å². The van der Waals surface area contributed by atoms with Crippen LogP contribution in [0.3, 0.4) is 0 Å². The Balaban J connectivity index is 1.78. The summed E-state index contributed by atoms with van der Waals surface area (Å²) >= 11 is 6.47. The highest BCUT2D eigenvalue weighted by atomic mass is 35.5. The summed E-state index contributed by atoms with van der Waals surface area (Å²) in [4.78, 5) is 24.8. The van der Waals surface area contributed by atoms with Gasteiger partial charge in [0.25, 0.3) is 5.91 Å². The molecule has 1 heterocycles. The van der Waals surface area contributed by atoms with E-state index in [0.717, 1.165) is 36.3 Å². The fourth-order valence-electron chi connectivity index (χ4n) is 4.59. The van der Waals surface area contributed by atoms with Crippen molar-refractivity contribution in [1.29, 1.82) is 0 Å². The Morgan fingerprint density at radius 2 is 1.94 bits per heavy atom. The van der Waals surface area contributed by atoms with Gasteiger partial charge < -0.3 is 24.8 Å². The van der Waals surface area contributed by atoms with E-state index in [1.54, 1.807) is 19.5 Å². The quantitative estimate of drug-likeness (QED) is 0.639. The average molecular weight is 448 g/mol. The fourth-order valence-corrected chi connectivity index (χ4v) is 4.80. The normalized spacial score (nSPS) is 18.8. The number of aromatic nitrogens is 2. The van der Waals surface area contributed by atoms with E-state index < -0.39 is 0 Å². The lowest BCUT2D eigenvalue weighted by molar-refractivity contribution is 0.0949. The number of nitrogens with one attached hydrogen (secondary N) is 2. The topological polar surface area (TPSA) is 73.5 Å². The van der Waals surface area contributed by atoms with Crippen LogP contribution in [-0.4, -0.2) is 60.6 Å². The van der Waals surface area contributed by atoms with Crippen molar-refractivity contribution in [2.75, 3.05) is 32.6 Å². The first-order chi connectivity index (χ1) is 14.8. The van der Waals surface area contributed by atoms with Gasteiger partial charge in [-0.05, 0) is 71.3 Å². The van der Waals surface area contributed by atoms with E-state index in [0.29, 0.717) is 35.1 Å². The van der Waals surface area contributed by atoms with Crippen LogP contribution in [0.4, 0.5) is 5.69 Å². The maximum atomic E-state index is 13.0. The van der Waals surface area contributed by atoms with Crippen LogP contribution in [0.1, 0.15) is 54.2 Å². The first kappa shape index (κ1) is 23.4. The zero-order valence-electron chi connectivity index (χ0n) is 19.2. The van der Waals surface area contributed by atoms with Gasteiger partial charge in [-0.25, -0.2) is 4.98 Å². The lowest BCUT2D eigenvalue weighted by atomic mass is 9.89. The van der Waals surface area contributed by atoms with Gasteiger partial charge in [-0.2, -0.15) is 0 Å². The molecule has 1 amide bonds. The van der Waals surface area contributed by atoms with E-state index in [1.165, 1.54) is 12.8 Å². The first-order valence-corrected chi connectivity index (χ1v) is 11.3. The number of methoxy groups -OCH3 is 1. The molecule has 1 aromatic heterocycles. The molecule has 0 radical (unpaired) electrons. The van der Waals surface area contributed by atoms with Crippen LogP contribution in [0.25, 0.3) is 0 Å². The van der Waals surface area contributed by atoms with Crippen molar-refractivity contribution in [3.05, 3.63) is 40.3 Å². The smallest absolute Gasteiger partial charge is 0.252 e. The van der Waals surface area contributed by atoms with Crippen molar-refractivity contribution in [2.24, 2.45) is 0 Å². The highest BCUT2D eigenvalue weighted by molar-refractivity contribution is 6.31. The van der Waals surface area contributed by atoms with Crippen molar-refractivity contribution in [2.45, 2.75) is 58.2 Å². The summed E-state index contributed by atoms with van der Waals surface area (Å²) in [5, 5.41) is 3.53. The Labute approximate surface area is 190 Å². The van der Waals surface area contributed by atoms with Crippen LogP contribution in [0.15, 0.2) is 18.5 Å². The molecule has 0 unspecified atom stereocenters. The molecule has 3 rings (SSSR count). The summed E-state index contributed by atoms with van der Waals surface area (Å²) in [5.41, 5.74) is 3.33. The largest absolute Gasteiger partial charge is 0.480 e. The van der Waals surface area contributed by atoms with Gasteiger partial charge in [0.1, 0.15) is 0 Å². The molecule has 7 nitrogen and oxygen atoms in total. The number of halogens is 1. The van der Waals surface area contributed by atoms with Crippen molar-refractivity contribution < 1.29 is 9.53 Å². The molecule has 0 saturated heterocycles. The number of anilines is 1. The van der Waals surface area contributed by atoms with E-state index in [2.05, 4.69) is 46.1 Å². The van der Waals surface area contributed by atoms with Crippen LogP contribution >= 0.6 is 11.6 Å². The van der Waals surface area contributed by atoms with Crippen LogP contribution in [-0.2, 0) is 6.54 Å². The van der Waals surface area contributed by atoms with Crippen molar-refractivity contribution in [1.82, 2.24) is 20.2 Å². The minimum atomic E-state index is -0.162. The van der Waals surface area contributed by atoms with Crippen LogP contribution in [0.2, 0.25) is 5.02 Å². The SMILES string of the molecule is CCN(c1cc(Cl)cc(C(=O)NCc2[nH]cnc2OC)c1C)C1CCC(N(C)C)CC1. The van der Waals surface area contributed by atoms with Crippen LogP contribution < -0.4 is 15.0 Å². The first-order valence-electron chi connectivity index (χ1n) is 10.9. The van der Waals surface area contributed by atoms with Crippen molar-refractivity contribution in [3.8, 4) is 5.88 Å². The van der Waals surface area contributed by atoms with Gasteiger partial charge in [-0.1, -0.05) is 11.6 Å². The Morgan fingerprint density at radius 1 is 1.26 bits per heavy atom. The number of hydrogen-bond acceptors (Lipinski definition) is 5. The zero-order valence-corrected chi connectivity index (χ0v) is 19.9. The third-order valence-electron chi connectivity index (χ3n) is 6.37. The summed E-state index contributed by atoms with van der Waals surface area (Å²) < 4.78 is 5.20. The summed E-state index contributed by atoms with van der Waals surface area (Å²) in [6.07, 6.45) is 6.21. The predicted molar refractivity (Wildman–Crippen MR) is 125 cm³/mol. The molecule has 1 aliphatic rings. The molecule has 2 N–H and O–H groups in total. The Morgan fingerprint density at radius 3 is 2.55 bits per heavy atom. The third-order valence-corrected chi connectivity index (χ3v) is 6.59. The molecule has 0 bridgehead atoms. The minimum absolute atomic E-state index is 0.162. The highest BCUT2D eigenvalue weighted by Gasteiger charge is 2.28. The molecule has 0 atom stereocenters. The molecular formula is C23H34ClN5O2. The molecule has 31 heavy (non-hydrogen) atoms. The molecule has 1 fully saturated rings. The maximum absolute atomic E-state index is 13.0. The number of amides is 1. The molecule has 8 heteroatoms. The number of H-pyrrole nitrogens is 1. The fraction of sp³-hybridized carbons (Fsp3) is 0.565. The van der Waals surface area contributed by atoms with E-state index in [1.807, 2.05) is 13.0 Å². The third kappa shape index (κ3) is 5.33. The Bertz CT molecular complexity index is 890. The van der Waals surface area contributed by atoms with E-state index >= 15 is 0 Å². The molecule has 1 aromatic carbocycles. The molecule has 2 aromatic rings. The number of hydrogen-bond donors (Lipinski definition) is 2. The summed E-state index contributed by atoms with van der Waals surface area (Å²) in [7, 11) is 5.88. The van der Waals surface area contributed by atoms with Gasteiger partial charge in [0, 0.05) is 34.9 Å².